The lowest BCUT2D eigenvalue weighted by molar-refractivity contribution is 0.238. The lowest BCUT2D eigenvalue weighted by atomic mass is 10.0. The van der Waals surface area contributed by atoms with Gasteiger partial charge in [-0.1, -0.05) is 42.5 Å². The van der Waals surface area contributed by atoms with Crippen molar-refractivity contribution in [1.29, 1.82) is 0 Å². The van der Waals surface area contributed by atoms with E-state index in [1.165, 1.54) is 37.1 Å². The molecule has 4 aromatic rings. The zero-order valence-corrected chi connectivity index (χ0v) is 21.0. The third-order valence-corrected chi connectivity index (χ3v) is 7.03. The summed E-state index contributed by atoms with van der Waals surface area (Å²) in [7, 11) is 4.21. The highest BCUT2D eigenvalue weighted by Gasteiger charge is 2.13. The van der Waals surface area contributed by atoms with Crippen LogP contribution in [0.3, 0.4) is 0 Å². The second-order valence-corrected chi connectivity index (χ2v) is 9.69. The van der Waals surface area contributed by atoms with Crippen LogP contribution in [0.2, 0.25) is 0 Å². The van der Waals surface area contributed by atoms with E-state index in [4.69, 9.17) is 14.8 Å². The van der Waals surface area contributed by atoms with Crippen molar-refractivity contribution < 1.29 is 4.74 Å². The number of hydrogen-bond donors (Lipinski definition) is 0. The predicted molar refractivity (Wildman–Crippen MR) is 141 cm³/mol. The average molecular weight is 470 g/mol. The lowest BCUT2D eigenvalue weighted by Crippen LogP contribution is -2.25. The molecule has 0 aliphatic carbocycles. The van der Waals surface area contributed by atoms with Gasteiger partial charge in [0.1, 0.15) is 12.4 Å². The number of aromatic nitrogens is 3. The van der Waals surface area contributed by atoms with Crippen molar-refractivity contribution in [3.05, 3.63) is 83.7 Å². The molecule has 0 spiro atoms. The van der Waals surface area contributed by atoms with Crippen molar-refractivity contribution in [3.8, 4) is 17.0 Å². The Morgan fingerprint density at radius 3 is 2.40 bits per heavy atom. The van der Waals surface area contributed by atoms with E-state index in [0.717, 1.165) is 41.6 Å². The van der Waals surface area contributed by atoms with Gasteiger partial charge in [-0.15, -0.1) is 0 Å². The van der Waals surface area contributed by atoms with Crippen LogP contribution in [0.5, 0.6) is 5.75 Å². The quantitative estimate of drug-likeness (QED) is 0.342. The Balaban J connectivity index is 1.26. The minimum absolute atomic E-state index is 0.375. The molecule has 0 saturated carbocycles. The average Bonchev–Trinajstić information content (AvgIpc) is 3.54. The van der Waals surface area contributed by atoms with Crippen molar-refractivity contribution in [2.75, 3.05) is 40.3 Å². The molecule has 1 atom stereocenters. The summed E-state index contributed by atoms with van der Waals surface area (Å²) in [5, 5.41) is 4.85. The second kappa shape index (κ2) is 10.6. The largest absolute Gasteiger partial charge is 0.492 e. The van der Waals surface area contributed by atoms with Gasteiger partial charge in [-0.25, -0.2) is 9.50 Å². The number of nitrogens with zero attached hydrogens (tertiary/aromatic N) is 5. The Kier molecular flexibility index (Phi) is 7.11. The molecular formula is C29H35N5O. The SMILES string of the molecule is CC(c1ccc(-c2cccc3nc(Cc4ccc(OCCN5CCCC5)cc4)nn23)cc1)N(C)C. The first-order valence-corrected chi connectivity index (χ1v) is 12.6. The van der Waals surface area contributed by atoms with Gasteiger partial charge in [0.05, 0.1) is 5.69 Å². The molecule has 1 unspecified atom stereocenters. The standard InChI is InChI=1S/C29H35N5O/c1-22(32(2)3)24-11-13-25(14-12-24)27-7-6-8-29-30-28(31-34(27)29)21-23-9-15-26(16-10-23)35-20-19-33-17-4-5-18-33/h6-16,22H,4-5,17-21H2,1-3H3. The van der Waals surface area contributed by atoms with Crippen LogP contribution in [0, 0.1) is 0 Å². The van der Waals surface area contributed by atoms with Gasteiger partial charge in [-0.05, 0) is 82.3 Å². The summed E-state index contributed by atoms with van der Waals surface area (Å²) in [5.74, 6) is 1.74. The fourth-order valence-corrected chi connectivity index (χ4v) is 4.66. The molecule has 2 aromatic heterocycles. The summed E-state index contributed by atoms with van der Waals surface area (Å²) in [4.78, 5) is 9.47. The predicted octanol–water partition coefficient (Wildman–Crippen LogP) is 5.08. The molecule has 6 nitrogen and oxygen atoms in total. The van der Waals surface area contributed by atoms with Gasteiger partial charge >= 0.3 is 0 Å². The van der Waals surface area contributed by atoms with Crippen LogP contribution in [0.15, 0.2) is 66.7 Å². The van der Waals surface area contributed by atoms with Gasteiger partial charge in [0.2, 0.25) is 0 Å². The fourth-order valence-electron chi connectivity index (χ4n) is 4.66. The summed E-state index contributed by atoms with van der Waals surface area (Å²) in [6.45, 7) is 6.37. The molecular weight excluding hydrogens is 434 g/mol. The van der Waals surface area contributed by atoms with Gasteiger partial charge < -0.3 is 9.64 Å². The van der Waals surface area contributed by atoms with Gasteiger partial charge in [-0.3, -0.25) is 4.90 Å². The van der Waals surface area contributed by atoms with E-state index in [9.17, 15) is 0 Å². The van der Waals surface area contributed by atoms with Crippen molar-refractivity contribution in [3.63, 3.8) is 0 Å². The highest BCUT2D eigenvalue weighted by atomic mass is 16.5. The van der Waals surface area contributed by atoms with Crippen LogP contribution in [0.25, 0.3) is 16.9 Å². The molecule has 1 aliphatic rings. The van der Waals surface area contributed by atoms with Gasteiger partial charge in [0.15, 0.2) is 11.5 Å². The van der Waals surface area contributed by atoms with E-state index in [0.29, 0.717) is 12.5 Å². The molecule has 0 bridgehead atoms. The van der Waals surface area contributed by atoms with E-state index in [1.54, 1.807) is 0 Å². The molecule has 0 N–H and O–H groups in total. The van der Waals surface area contributed by atoms with E-state index in [-0.39, 0.29) is 0 Å². The lowest BCUT2D eigenvalue weighted by Gasteiger charge is -2.20. The van der Waals surface area contributed by atoms with Crippen LogP contribution < -0.4 is 4.74 Å². The van der Waals surface area contributed by atoms with E-state index < -0.39 is 0 Å². The Bertz CT molecular complexity index is 1240. The smallest absolute Gasteiger partial charge is 0.156 e. The zero-order chi connectivity index (χ0) is 24.2. The fraction of sp³-hybridized carbons (Fsp3) is 0.379. The monoisotopic (exact) mass is 469 g/mol. The first-order chi connectivity index (χ1) is 17.1. The molecule has 35 heavy (non-hydrogen) atoms. The molecule has 0 amide bonds. The highest BCUT2D eigenvalue weighted by molar-refractivity contribution is 5.63. The van der Waals surface area contributed by atoms with Crippen LogP contribution in [0.4, 0.5) is 0 Å². The van der Waals surface area contributed by atoms with Crippen LogP contribution in [0.1, 0.15) is 42.8 Å². The third kappa shape index (κ3) is 5.55. The number of hydrogen-bond acceptors (Lipinski definition) is 5. The molecule has 1 saturated heterocycles. The van der Waals surface area contributed by atoms with Crippen molar-refractivity contribution in [2.24, 2.45) is 0 Å². The Labute approximate surface area is 208 Å². The third-order valence-electron chi connectivity index (χ3n) is 7.03. The van der Waals surface area contributed by atoms with Gasteiger partial charge in [0.25, 0.3) is 0 Å². The minimum atomic E-state index is 0.375. The number of pyridine rings is 1. The summed E-state index contributed by atoms with van der Waals surface area (Å²) in [5.41, 5.74) is 5.53. The summed E-state index contributed by atoms with van der Waals surface area (Å²) in [6.07, 6.45) is 3.32. The molecule has 1 aliphatic heterocycles. The van der Waals surface area contributed by atoms with Crippen molar-refractivity contribution >= 4 is 5.65 Å². The molecule has 6 heteroatoms. The van der Waals surface area contributed by atoms with Crippen LogP contribution in [-0.2, 0) is 6.42 Å². The first-order valence-electron chi connectivity index (χ1n) is 12.6. The maximum atomic E-state index is 5.94. The zero-order valence-electron chi connectivity index (χ0n) is 21.0. The molecule has 5 rings (SSSR count). The summed E-state index contributed by atoms with van der Waals surface area (Å²) < 4.78 is 7.90. The number of likely N-dealkylation sites (tertiary alicyclic amines) is 1. The highest BCUT2D eigenvalue weighted by Crippen LogP contribution is 2.24. The Morgan fingerprint density at radius 2 is 1.69 bits per heavy atom. The normalized spacial score (nSPS) is 15.2. The molecule has 182 valence electrons. The Morgan fingerprint density at radius 1 is 0.943 bits per heavy atom. The molecule has 0 radical (unpaired) electrons. The van der Waals surface area contributed by atoms with Crippen molar-refractivity contribution in [2.45, 2.75) is 32.2 Å². The minimum Gasteiger partial charge on any atom is -0.492 e. The first kappa shape index (κ1) is 23.5. The number of benzene rings is 2. The van der Waals surface area contributed by atoms with Crippen LogP contribution >= 0.6 is 0 Å². The molecule has 2 aromatic carbocycles. The number of fused-ring (bicyclic) bond motifs is 1. The maximum absolute atomic E-state index is 5.94. The second-order valence-electron chi connectivity index (χ2n) is 9.69. The molecule has 3 heterocycles. The maximum Gasteiger partial charge on any atom is 0.156 e. The number of ether oxygens (including phenoxy) is 1. The molecule has 1 fully saturated rings. The van der Waals surface area contributed by atoms with Gasteiger partial charge in [-0.2, -0.15) is 5.10 Å². The summed E-state index contributed by atoms with van der Waals surface area (Å²) >= 11 is 0. The van der Waals surface area contributed by atoms with Crippen LogP contribution in [-0.4, -0.2) is 64.7 Å². The van der Waals surface area contributed by atoms with E-state index in [2.05, 4.69) is 85.4 Å². The number of rotatable bonds is 9. The van der Waals surface area contributed by atoms with E-state index >= 15 is 0 Å². The van der Waals surface area contributed by atoms with Crippen molar-refractivity contribution in [1.82, 2.24) is 24.4 Å². The summed E-state index contributed by atoms with van der Waals surface area (Å²) in [6, 6.07) is 23.6. The van der Waals surface area contributed by atoms with E-state index in [1.807, 2.05) is 16.6 Å². The van der Waals surface area contributed by atoms with Gasteiger partial charge in [0, 0.05) is 24.6 Å². The Hall–Kier alpha value is -3.22. The topological polar surface area (TPSA) is 45.9 Å².